The van der Waals surface area contributed by atoms with Crippen molar-refractivity contribution in [1.82, 2.24) is 10.2 Å². The molecule has 2 aromatic rings. The molecule has 4 nitrogen and oxygen atoms in total. The van der Waals surface area contributed by atoms with Crippen molar-refractivity contribution in [3.8, 4) is 0 Å². The molecule has 0 aromatic carbocycles. The maximum atomic E-state index is 5.82. The molecule has 0 aliphatic carbocycles. The van der Waals surface area contributed by atoms with Crippen LogP contribution >= 0.6 is 11.3 Å². The third-order valence-corrected chi connectivity index (χ3v) is 3.64. The van der Waals surface area contributed by atoms with Gasteiger partial charge in [-0.3, -0.25) is 0 Å². The van der Waals surface area contributed by atoms with E-state index in [1.807, 2.05) is 6.07 Å². The molecule has 0 amide bonds. The third-order valence-electron chi connectivity index (χ3n) is 2.74. The van der Waals surface area contributed by atoms with Crippen LogP contribution in [-0.4, -0.2) is 16.7 Å². The Hall–Kier alpha value is -1.20. The van der Waals surface area contributed by atoms with Gasteiger partial charge >= 0.3 is 0 Å². The Kier molecular flexibility index (Phi) is 3.82. The van der Waals surface area contributed by atoms with E-state index in [9.17, 15) is 0 Å². The lowest BCUT2D eigenvalue weighted by Crippen LogP contribution is -2.15. The van der Waals surface area contributed by atoms with Crippen molar-refractivity contribution in [3.63, 3.8) is 0 Å². The summed E-state index contributed by atoms with van der Waals surface area (Å²) in [6.07, 6.45) is 0.861. The van der Waals surface area contributed by atoms with E-state index in [0.29, 0.717) is 18.3 Å². The monoisotopic (exact) mass is 265 g/mol. The number of rotatable bonds is 4. The second-order valence-corrected chi connectivity index (χ2v) is 6.44. The zero-order valence-electron chi connectivity index (χ0n) is 11.0. The molecule has 0 aliphatic rings. The van der Waals surface area contributed by atoms with E-state index in [4.69, 9.17) is 10.2 Å². The lowest BCUT2D eigenvalue weighted by molar-refractivity contribution is 0.355. The molecule has 0 spiro atoms. The van der Waals surface area contributed by atoms with Gasteiger partial charge in [0.25, 0.3) is 0 Å². The molecule has 0 saturated carbocycles. The maximum Gasteiger partial charge on any atom is 0.221 e. The zero-order chi connectivity index (χ0) is 13.2. The fourth-order valence-electron chi connectivity index (χ4n) is 1.65. The van der Waals surface area contributed by atoms with Crippen LogP contribution in [-0.2, 0) is 11.8 Å². The summed E-state index contributed by atoms with van der Waals surface area (Å²) in [7, 11) is 0. The highest BCUT2D eigenvalue weighted by Crippen LogP contribution is 2.26. The average Bonchev–Trinajstić information content (AvgIpc) is 2.95. The molecule has 5 heteroatoms. The smallest absolute Gasteiger partial charge is 0.221 e. The first-order valence-electron chi connectivity index (χ1n) is 6.07. The fourth-order valence-corrected chi connectivity index (χ4v) is 2.43. The Bertz CT molecular complexity index is 485. The standard InChI is InChI=1S/C13H19N3OS/c1-13(2,3)12-16-15-11(17-12)9(8-14)7-10-5-4-6-18-10/h4-6,9H,7-8,14H2,1-3H3. The summed E-state index contributed by atoms with van der Waals surface area (Å²) in [5, 5.41) is 10.3. The Morgan fingerprint density at radius 1 is 1.39 bits per heavy atom. The second kappa shape index (κ2) is 5.20. The van der Waals surface area contributed by atoms with Gasteiger partial charge in [0.2, 0.25) is 11.8 Å². The van der Waals surface area contributed by atoms with Gasteiger partial charge < -0.3 is 10.2 Å². The quantitative estimate of drug-likeness (QED) is 0.923. The number of nitrogens with two attached hydrogens (primary N) is 1. The Labute approximate surface area is 111 Å². The van der Waals surface area contributed by atoms with Crippen LogP contribution in [0.25, 0.3) is 0 Å². The van der Waals surface area contributed by atoms with Crippen molar-refractivity contribution in [3.05, 3.63) is 34.2 Å². The first-order chi connectivity index (χ1) is 8.50. The molecule has 2 N–H and O–H groups in total. The van der Waals surface area contributed by atoms with Crippen LogP contribution in [0.5, 0.6) is 0 Å². The molecule has 0 radical (unpaired) electrons. The Morgan fingerprint density at radius 3 is 2.67 bits per heavy atom. The number of hydrogen-bond donors (Lipinski definition) is 1. The highest BCUT2D eigenvalue weighted by atomic mass is 32.1. The van der Waals surface area contributed by atoms with Crippen LogP contribution in [0, 0.1) is 0 Å². The molecule has 2 heterocycles. The molecule has 0 aliphatic heterocycles. The molecule has 0 fully saturated rings. The summed E-state index contributed by atoms with van der Waals surface area (Å²) in [6.45, 7) is 6.69. The molecular weight excluding hydrogens is 246 g/mol. The molecule has 0 saturated heterocycles. The van der Waals surface area contributed by atoms with E-state index in [1.165, 1.54) is 4.88 Å². The van der Waals surface area contributed by atoms with Crippen molar-refractivity contribution >= 4 is 11.3 Å². The van der Waals surface area contributed by atoms with Gasteiger partial charge in [0.1, 0.15) is 0 Å². The molecular formula is C13H19N3OS. The van der Waals surface area contributed by atoms with Gasteiger partial charge in [0.15, 0.2) is 0 Å². The minimum absolute atomic E-state index is 0.104. The normalized spacial score (nSPS) is 13.8. The molecule has 2 aromatic heterocycles. The van der Waals surface area contributed by atoms with Crippen molar-refractivity contribution in [1.29, 1.82) is 0 Å². The predicted molar refractivity (Wildman–Crippen MR) is 72.8 cm³/mol. The first kappa shape index (κ1) is 13.2. The van der Waals surface area contributed by atoms with E-state index in [2.05, 4.69) is 42.4 Å². The fraction of sp³-hybridized carbons (Fsp3) is 0.538. The van der Waals surface area contributed by atoms with Gasteiger partial charge in [0, 0.05) is 16.8 Å². The van der Waals surface area contributed by atoms with E-state index in [-0.39, 0.29) is 11.3 Å². The molecule has 1 atom stereocenters. The maximum absolute atomic E-state index is 5.82. The highest BCUT2D eigenvalue weighted by molar-refractivity contribution is 7.09. The summed E-state index contributed by atoms with van der Waals surface area (Å²) < 4.78 is 5.75. The van der Waals surface area contributed by atoms with Gasteiger partial charge in [-0.05, 0) is 17.9 Å². The zero-order valence-corrected chi connectivity index (χ0v) is 11.8. The minimum atomic E-state index is -0.118. The van der Waals surface area contributed by atoms with E-state index >= 15 is 0 Å². The summed E-state index contributed by atoms with van der Waals surface area (Å²) in [5.74, 6) is 1.42. The van der Waals surface area contributed by atoms with Crippen molar-refractivity contribution in [2.24, 2.45) is 5.73 Å². The lowest BCUT2D eigenvalue weighted by Gasteiger charge is -2.12. The van der Waals surface area contributed by atoms with Crippen molar-refractivity contribution < 1.29 is 4.42 Å². The lowest BCUT2D eigenvalue weighted by atomic mass is 9.97. The van der Waals surface area contributed by atoms with Crippen LogP contribution < -0.4 is 5.73 Å². The van der Waals surface area contributed by atoms with Crippen molar-refractivity contribution in [2.75, 3.05) is 6.54 Å². The van der Waals surface area contributed by atoms with Crippen LogP contribution in [0.15, 0.2) is 21.9 Å². The van der Waals surface area contributed by atoms with Gasteiger partial charge in [0.05, 0.1) is 5.92 Å². The predicted octanol–water partition coefficient (Wildman–Crippen LogP) is 2.71. The van der Waals surface area contributed by atoms with Crippen LogP contribution in [0.4, 0.5) is 0 Å². The van der Waals surface area contributed by atoms with E-state index in [1.54, 1.807) is 11.3 Å². The molecule has 98 valence electrons. The second-order valence-electron chi connectivity index (χ2n) is 5.41. The van der Waals surface area contributed by atoms with E-state index in [0.717, 1.165) is 6.42 Å². The summed E-state index contributed by atoms with van der Waals surface area (Å²) in [4.78, 5) is 1.29. The van der Waals surface area contributed by atoms with Crippen LogP contribution in [0.1, 0.15) is 43.3 Å². The number of aromatic nitrogens is 2. The first-order valence-corrected chi connectivity index (χ1v) is 6.95. The summed E-state index contributed by atoms with van der Waals surface area (Å²) >= 11 is 1.73. The summed E-state index contributed by atoms with van der Waals surface area (Å²) in [6, 6.07) is 4.15. The van der Waals surface area contributed by atoms with Gasteiger partial charge in [-0.2, -0.15) is 0 Å². The van der Waals surface area contributed by atoms with Crippen molar-refractivity contribution in [2.45, 2.75) is 38.5 Å². The third kappa shape index (κ3) is 2.97. The SMILES string of the molecule is CC(C)(C)c1nnc(C(CN)Cc2cccs2)o1. The largest absolute Gasteiger partial charge is 0.424 e. The van der Waals surface area contributed by atoms with Crippen LogP contribution in [0.3, 0.4) is 0 Å². The Balaban J connectivity index is 2.15. The van der Waals surface area contributed by atoms with Gasteiger partial charge in [-0.25, -0.2) is 0 Å². The van der Waals surface area contributed by atoms with Gasteiger partial charge in [-0.1, -0.05) is 26.8 Å². The number of hydrogen-bond acceptors (Lipinski definition) is 5. The van der Waals surface area contributed by atoms with Gasteiger partial charge in [-0.15, -0.1) is 21.5 Å². The topological polar surface area (TPSA) is 64.9 Å². The summed E-state index contributed by atoms with van der Waals surface area (Å²) in [5.41, 5.74) is 5.70. The average molecular weight is 265 g/mol. The van der Waals surface area contributed by atoms with E-state index < -0.39 is 0 Å². The highest BCUT2D eigenvalue weighted by Gasteiger charge is 2.24. The molecule has 2 rings (SSSR count). The number of thiophene rings is 1. The number of nitrogens with zero attached hydrogens (tertiary/aromatic N) is 2. The minimum Gasteiger partial charge on any atom is -0.424 e. The molecule has 0 bridgehead atoms. The van der Waals surface area contributed by atoms with Crippen LogP contribution in [0.2, 0.25) is 0 Å². The molecule has 1 unspecified atom stereocenters. The molecule has 18 heavy (non-hydrogen) atoms. The Morgan fingerprint density at radius 2 is 2.17 bits per heavy atom.